The lowest BCUT2D eigenvalue weighted by molar-refractivity contribution is -0.384. The van der Waals surface area contributed by atoms with Gasteiger partial charge < -0.3 is 23.9 Å². The standard InChI is InChI=1S/C34H36F3N3O7/c1-3-46-32(41)18-24-9-12-30(31(17-24)45-2)47-26-13-15-38(16-14-26)22-33(42,34(35,36)37)28-21-39(20-23-7-5-4-6-8-23)29-11-10-25(40(43)44)19-27(28)29/h4-12,17,19,21,26,42H,3,13-16,18,20,22H2,1-2H3. The van der Waals surface area contributed by atoms with Crippen LogP contribution in [0.3, 0.4) is 0 Å². The van der Waals surface area contributed by atoms with Crippen molar-refractivity contribution in [2.24, 2.45) is 0 Å². The lowest BCUT2D eigenvalue weighted by Gasteiger charge is -2.39. The molecule has 1 aromatic heterocycles. The van der Waals surface area contributed by atoms with Gasteiger partial charge in [-0.15, -0.1) is 0 Å². The number of esters is 1. The van der Waals surface area contributed by atoms with Crippen molar-refractivity contribution in [1.29, 1.82) is 0 Å². The Balaban J connectivity index is 1.35. The summed E-state index contributed by atoms with van der Waals surface area (Å²) in [7, 11) is 1.47. The summed E-state index contributed by atoms with van der Waals surface area (Å²) >= 11 is 0. The molecule has 0 spiro atoms. The van der Waals surface area contributed by atoms with Crippen LogP contribution in [0.4, 0.5) is 18.9 Å². The number of methoxy groups -OCH3 is 1. The number of β-amino-alcohol motifs (C(OH)–C–C–N with tert-alkyl or cyclic N) is 1. The average molecular weight is 656 g/mol. The van der Waals surface area contributed by atoms with E-state index in [0.29, 0.717) is 35.4 Å². The number of nitro benzene ring substituents is 1. The maximum atomic E-state index is 14.9. The minimum atomic E-state index is -5.09. The van der Waals surface area contributed by atoms with Crippen molar-refractivity contribution in [3.63, 3.8) is 0 Å². The van der Waals surface area contributed by atoms with Crippen molar-refractivity contribution >= 4 is 22.6 Å². The number of nitro groups is 1. The molecule has 250 valence electrons. The zero-order valence-corrected chi connectivity index (χ0v) is 26.0. The maximum absolute atomic E-state index is 14.9. The second kappa shape index (κ2) is 14.0. The van der Waals surface area contributed by atoms with Gasteiger partial charge in [-0.25, -0.2) is 0 Å². The monoisotopic (exact) mass is 655 g/mol. The Hall–Kier alpha value is -4.62. The van der Waals surface area contributed by atoms with E-state index in [-0.39, 0.29) is 55.8 Å². The number of ether oxygens (including phenoxy) is 3. The molecule has 1 atom stereocenters. The van der Waals surface area contributed by atoms with E-state index in [1.54, 1.807) is 29.7 Å². The molecule has 1 fully saturated rings. The molecule has 0 aliphatic carbocycles. The van der Waals surface area contributed by atoms with Crippen molar-refractivity contribution in [2.75, 3.05) is 33.4 Å². The minimum absolute atomic E-state index is 0.0355. The summed E-state index contributed by atoms with van der Waals surface area (Å²) in [6.45, 7) is 1.85. The number of carbonyl (C=O) groups excluding carboxylic acids is 1. The number of carbonyl (C=O) groups is 1. The first-order chi connectivity index (χ1) is 22.4. The number of non-ortho nitro benzene ring substituents is 1. The van der Waals surface area contributed by atoms with Gasteiger partial charge in [0.05, 0.1) is 25.1 Å². The third-order valence-electron chi connectivity index (χ3n) is 8.35. The molecular weight excluding hydrogens is 619 g/mol. The van der Waals surface area contributed by atoms with Crippen molar-refractivity contribution in [1.82, 2.24) is 9.47 Å². The Kier molecular flexibility index (Phi) is 10.1. The highest BCUT2D eigenvalue weighted by atomic mass is 19.4. The van der Waals surface area contributed by atoms with E-state index in [1.165, 1.54) is 30.3 Å². The van der Waals surface area contributed by atoms with Crippen LogP contribution >= 0.6 is 0 Å². The Bertz CT molecular complexity index is 1720. The lowest BCUT2D eigenvalue weighted by Crippen LogP contribution is -2.53. The number of hydrogen-bond donors (Lipinski definition) is 1. The third kappa shape index (κ3) is 7.52. The number of aliphatic hydroxyl groups is 1. The van der Waals surface area contributed by atoms with Crippen LogP contribution < -0.4 is 9.47 Å². The molecule has 10 nitrogen and oxygen atoms in total. The number of rotatable bonds is 12. The number of alkyl halides is 3. The molecular formula is C34H36F3N3O7. The van der Waals surface area contributed by atoms with E-state index in [9.17, 15) is 33.2 Å². The third-order valence-corrected chi connectivity index (χ3v) is 8.35. The number of halogens is 3. The molecule has 1 N–H and O–H groups in total. The number of piperidine rings is 1. The fraction of sp³-hybridized carbons (Fsp3) is 0.382. The highest BCUT2D eigenvalue weighted by Crippen LogP contribution is 2.44. The SMILES string of the molecule is CCOC(=O)Cc1ccc(OC2CCN(CC(O)(c3cn(Cc4ccccc4)c4ccc([N+](=O)[O-])cc34)C(F)(F)F)CC2)c(OC)c1. The van der Waals surface area contributed by atoms with Crippen molar-refractivity contribution in [3.05, 3.63) is 99.7 Å². The van der Waals surface area contributed by atoms with E-state index < -0.39 is 28.8 Å². The Morgan fingerprint density at radius 1 is 1.02 bits per heavy atom. The van der Waals surface area contributed by atoms with E-state index in [4.69, 9.17) is 14.2 Å². The van der Waals surface area contributed by atoms with Crippen molar-refractivity contribution < 1.29 is 42.2 Å². The molecule has 1 unspecified atom stereocenters. The summed E-state index contributed by atoms with van der Waals surface area (Å²) in [4.78, 5) is 24.3. The summed E-state index contributed by atoms with van der Waals surface area (Å²) in [6, 6.07) is 17.9. The van der Waals surface area contributed by atoms with Crippen molar-refractivity contribution in [2.45, 2.75) is 50.6 Å². The van der Waals surface area contributed by atoms with Gasteiger partial charge in [0.2, 0.25) is 5.60 Å². The highest BCUT2D eigenvalue weighted by molar-refractivity contribution is 5.87. The molecule has 5 rings (SSSR count). The largest absolute Gasteiger partial charge is 0.493 e. The van der Waals surface area contributed by atoms with E-state index in [0.717, 1.165) is 11.6 Å². The van der Waals surface area contributed by atoms with E-state index in [2.05, 4.69) is 0 Å². The fourth-order valence-corrected chi connectivity index (χ4v) is 5.95. The van der Waals surface area contributed by atoms with Crippen LogP contribution in [-0.4, -0.2) is 71.1 Å². The second-order valence-corrected chi connectivity index (χ2v) is 11.5. The molecule has 13 heteroatoms. The van der Waals surface area contributed by atoms with Crippen LogP contribution in [0.25, 0.3) is 10.9 Å². The number of likely N-dealkylation sites (tertiary alicyclic amines) is 1. The van der Waals surface area contributed by atoms with Gasteiger partial charge in [0.15, 0.2) is 11.5 Å². The number of fused-ring (bicyclic) bond motifs is 1. The van der Waals surface area contributed by atoms with Gasteiger partial charge in [-0.05, 0) is 49.1 Å². The summed E-state index contributed by atoms with van der Waals surface area (Å²) in [6.07, 6.45) is -3.34. The van der Waals surface area contributed by atoms with Crippen LogP contribution in [-0.2, 0) is 28.1 Å². The predicted molar refractivity (Wildman–Crippen MR) is 168 cm³/mol. The van der Waals surface area contributed by atoms with Crippen LogP contribution in [0.5, 0.6) is 11.5 Å². The van der Waals surface area contributed by atoms with Gasteiger partial charge in [-0.1, -0.05) is 36.4 Å². The molecule has 1 aliphatic rings. The molecule has 0 amide bonds. The molecule has 47 heavy (non-hydrogen) atoms. The smallest absolute Gasteiger partial charge is 0.422 e. The zero-order chi connectivity index (χ0) is 33.8. The Morgan fingerprint density at radius 2 is 1.74 bits per heavy atom. The molecule has 1 saturated heterocycles. The Labute approximate surface area is 269 Å². The van der Waals surface area contributed by atoms with Crippen LogP contribution in [0.15, 0.2) is 72.9 Å². The molecule has 1 aliphatic heterocycles. The zero-order valence-electron chi connectivity index (χ0n) is 26.0. The van der Waals surface area contributed by atoms with Crippen LogP contribution in [0.1, 0.15) is 36.5 Å². The first-order valence-corrected chi connectivity index (χ1v) is 15.2. The Morgan fingerprint density at radius 3 is 2.38 bits per heavy atom. The summed E-state index contributed by atoms with van der Waals surface area (Å²) in [5.41, 5.74) is -2.28. The average Bonchev–Trinajstić information content (AvgIpc) is 3.40. The first kappa shape index (κ1) is 33.7. The summed E-state index contributed by atoms with van der Waals surface area (Å²) < 4.78 is 62.8. The van der Waals surface area contributed by atoms with Crippen LogP contribution in [0, 0.1) is 10.1 Å². The number of aromatic nitrogens is 1. The molecule has 0 radical (unpaired) electrons. The molecule has 0 saturated carbocycles. The highest BCUT2D eigenvalue weighted by Gasteiger charge is 2.57. The molecule has 4 aromatic rings. The second-order valence-electron chi connectivity index (χ2n) is 11.5. The topological polar surface area (TPSA) is 116 Å². The van der Waals surface area contributed by atoms with Crippen molar-refractivity contribution in [3.8, 4) is 11.5 Å². The summed E-state index contributed by atoms with van der Waals surface area (Å²) in [5, 5.41) is 23.1. The first-order valence-electron chi connectivity index (χ1n) is 15.2. The number of nitrogens with zero attached hydrogens (tertiary/aromatic N) is 3. The quantitative estimate of drug-likeness (QED) is 0.112. The van der Waals surface area contributed by atoms with Gasteiger partial charge in [-0.2, -0.15) is 13.2 Å². The van der Waals surface area contributed by atoms with Gasteiger partial charge in [0, 0.05) is 61.0 Å². The van der Waals surface area contributed by atoms with E-state index >= 15 is 0 Å². The van der Waals surface area contributed by atoms with Gasteiger partial charge in [0.1, 0.15) is 6.10 Å². The van der Waals surface area contributed by atoms with Crippen LogP contribution in [0.2, 0.25) is 0 Å². The number of benzene rings is 3. The molecule has 0 bridgehead atoms. The summed E-state index contributed by atoms with van der Waals surface area (Å²) in [5.74, 6) is 0.494. The molecule has 2 heterocycles. The predicted octanol–water partition coefficient (Wildman–Crippen LogP) is 6.01. The van der Waals surface area contributed by atoms with Gasteiger partial charge in [0.25, 0.3) is 5.69 Å². The maximum Gasteiger partial charge on any atom is 0.422 e. The minimum Gasteiger partial charge on any atom is -0.493 e. The number of hydrogen-bond acceptors (Lipinski definition) is 8. The fourth-order valence-electron chi connectivity index (χ4n) is 5.95. The molecule has 3 aromatic carbocycles. The van der Waals surface area contributed by atoms with Gasteiger partial charge >= 0.3 is 12.1 Å². The lowest BCUT2D eigenvalue weighted by atomic mass is 9.91. The van der Waals surface area contributed by atoms with Gasteiger partial charge in [-0.3, -0.25) is 19.8 Å². The van der Waals surface area contributed by atoms with E-state index in [1.807, 2.05) is 30.3 Å². The normalized spacial score (nSPS) is 15.7.